The topological polar surface area (TPSA) is 75.3 Å². The third-order valence-corrected chi connectivity index (χ3v) is 2.09. The van der Waals surface area contributed by atoms with E-state index in [4.69, 9.17) is 0 Å². The molecular formula is C9H16N2O3. The van der Waals surface area contributed by atoms with E-state index in [-0.39, 0.29) is 11.8 Å². The Morgan fingerprint density at radius 3 is 2.43 bits per heavy atom. The van der Waals surface area contributed by atoms with Crippen LogP contribution in [0.25, 0.3) is 0 Å². The molecule has 0 aliphatic heterocycles. The Morgan fingerprint density at radius 1 is 1.43 bits per heavy atom. The van der Waals surface area contributed by atoms with Gasteiger partial charge in [0.2, 0.25) is 12.3 Å². The van der Waals surface area contributed by atoms with Crippen molar-refractivity contribution in [3.63, 3.8) is 0 Å². The zero-order valence-corrected chi connectivity index (χ0v) is 8.45. The summed E-state index contributed by atoms with van der Waals surface area (Å²) in [5.74, 6) is -0.338. The van der Waals surface area contributed by atoms with Gasteiger partial charge in [0.15, 0.2) is 0 Å². The molecule has 5 heteroatoms. The summed E-state index contributed by atoms with van der Waals surface area (Å²) in [7, 11) is 1.55. The Labute approximate surface area is 83.2 Å². The first kappa shape index (κ1) is 12.6. The normalized spacial score (nSPS) is 13.9. The Balaban J connectivity index is 4.19. The highest BCUT2D eigenvalue weighted by Gasteiger charge is 2.19. The molecule has 0 aromatic rings. The molecule has 0 aliphatic rings. The summed E-state index contributed by atoms with van der Waals surface area (Å²) in [6.07, 6.45) is 2.10. The number of amides is 2. The molecule has 0 radical (unpaired) electrons. The number of aldehydes is 1. The minimum atomic E-state index is -0.574. The molecule has 80 valence electrons. The highest BCUT2D eigenvalue weighted by atomic mass is 16.2. The van der Waals surface area contributed by atoms with Crippen LogP contribution in [0.4, 0.5) is 0 Å². The molecule has 0 aromatic heterocycles. The summed E-state index contributed by atoms with van der Waals surface area (Å²) >= 11 is 0. The quantitative estimate of drug-likeness (QED) is 0.542. The average molecular weight is 200 g/mol. The standard InChI is InChI=1S/C9H16N2O3/c1-3-7(9(14)10-2)4-8(5-12)11-6-13/h5-8H,3-4H2,1-2H3,(H,10,14)(H,11,13)/t7-,8-/m0/s1. The van der Waals surface area contributed by atoms with Crippen LogP contribution < -0.4 is 10.6 Å². The Bertz CT molecular complexity index is 206. The van der Waals surface area contributed by atoms with E-state index in [0.29, 0.717) is 25.5 Å². The van der Waals surface area contributed by atoms with Gasteiger partial charge in [0.05, 0.1) is 6.04 Å². The van der Waals surface area contributed by atoms with Gasteiger partial charge in [-0.05, 0) is 12.8 Å². The summed E-state index contributed by atoms with van der Waals surface area (Å²) in [4.78, 5) is 31.9. The predicted octanol–water partition coefficient (Wildman–Crippen LogP) is -0.538. The Morgan fingerprint density at radius 2 is 2.07 bits per heavy atom. The van der Waals surface area contributed by atoms with Crippen LogP contribution in [0.5, 0.6) is 0 Å². The van der Waals surface area contributed by atoms with Gasteiger partial charge in [-0.1, -0.05) is 6.92 Å². The number of nitrogens with one attached hydrogen (secondary N) is 2. The van der Waals surface area contributed by atoms with E-state index in [9.17, 15) is 14.4 Å². The second-order valence-corrected chi connectivity index (χ2v) is 2.98. The van der Waals surface area contributed by atoms with Crippen LogP contribution in [0, 0.1) is 5.92 Å². The third kappa shape index (κ3) is 4.02. The van der Waals surface area contributed by atoms with E-state index in [1.165, 1.54) is 0 Å². The van der Waals surface area contributed by atoms with Crippen molar-refractivity contribution in [2.45, 2.75) is 25.8 Å². The maximum absolute atomic E-state index is 11.3. The van der Waals surface area contributed by atoms with Crippen LogP contribution in [-0.2, 0) is 14.4 Å². The van der Waals surface area contributed by atoms with Crippen LogP contribution >= 0.6 is 0 Å². The van der Waals surface area contributed by atoms with Gasteiger partial charge >= 0.3 is 0 Å². The largest absolute Gasteiger partial charge is 0.359 e. The lowest BCUT2D eigenvalue weighted by molar-refractivity contribution is -0.125. The lowest BCUT2D eigenvalue weighted by Gasteiger charge is -2.16. The molecule has 0 rings (SSSR count). The van der Waals surface area contributed by atoms with E-state index in [0.717, 1.165) is 0 Å². The molecule has 0 saturated carbocycles. The highest BCUT2D eigenvalue weighted by Crippen LogP contribution is 2.10. The van der Waals surface area contributed by atoms with Crippen molar-refractivity contribution in [1.82, 2.24) is 10.6 Å². The number of hydrogen-bond acceptors (Lipinski definition) is 3. The van der Waals surface area contributed by atoms with Crippen LogP contribution in [0.2, 0.25) is 0 Å². The molecule has 2 N–H and O–H groups in total. The van der Waals surface area contributed by atoms with Crippen molar-refractivity contribution in [2.24, 2.45) is 5.92 Å². The second kappa shape index (κ2) is 7.06. The predicted molar refractivity (Wildman–Crippen MR) is 51.5 cm³/mol. The third-order valence-electron chi connectivity index (χ3n) is 2.09. The van der Waals surface area contributed by atoms with E-state index in [1.807, 2.05) is 6.92 Å². The summed E-state index contributed by atoms with van der Waals surface area (Å²) < 4.78 is 0. The zero-order valence-electron chi connectivity index (χ0n) is 8.45. The molecule has 0 spiro atoms. The molecule has 14 heavy (non-hydrogen) atoms. The smallest absolute Gasteiger partial charge is 0.222 e. The molecule has 0 heterocycles. The highest BCUT2D eigenvalue weighted by molar-refractivity contribution is 5.79. The van der Waals surface area contributed by atoms with Crippen molar-refractivity contribution in [3.8, 4) is 0 Å². The summed E-state index contributed by atoms with van der Waals surface area (Å²) in [6, 6.07) is -0.574. The Kier molecular flexibility index (Phi) is 6.36. The van der Waals surface area contributed by atoms with Gasteiger partial charge in [-0.15, -0.1) is 0 Å². The zero-order chi connectivity index (χ0) is 11.0. The first-order valence-corrected chi connectivity index (χ1v) is 4.56. The van der Waals surface area contributed by atoms with Gasteiger partial charge in [0.1, 0.15) is 6.29 Å². The van der Waals surface area contributed by atoms with E-state index < -0.39 is 6.04 Å². The first-order valence-electron chi connectivity index (χ1n) is 4.56. The average Bonchev–Trinajstić information content (AvgIpc) is 2.23. The lowest BCUT2D eigenvalue weighted by atomic mass is 9.97. The molecule has 2 amide bonds. The van der Waals surface area contributed by atoms with Gasteiger partial charge in [0.25, 0.3) is 0 Å². The van der Waals surface area contributed by atoms with Crippen LogP contribution in [-0.4, -0.2) is 31.7 Å². The van der Waals surface area contributed by atoms with E-state index in [2.05, 4.69) is 10.6 Å². The summed E-state index contributed by atoms with van der Waals surface area (Å²) in [5.41, 5.74) is 0. The molecule has 2 atom stereocenters. The number of carbonyl (C=O) groups is 3. The summed E-state index contributed by atoms with van der Waals surface area (Å²) in [6.45, 7) is 1.86. The fourth-order valence-electron chi connectivity index (χ4n) is 1.22. The lowest BCUT2D eigenvalue weighted by Crippen LogP contribution is -2.36. The SMILES string of the molecule is CC[C@@H](C[C@@H](C=O)NC=O)C(=O)NC. The molecule has 0 bridgehead atoms. The molecular weight excluding hydrogens is 184 g/mol. The fraction of sp³-hybridized carbons (Fsp3) is 0.667. The van der Waals surface area contributed by atoms with Gasteiger partial charge in [-0.2, -0.15) is 0 Å². The number of rotatable bonds is 7. The van der Waals surface area contributed by atoms with Crippen molar-refractivity contribution >= 4 is 18.6 Å². The first-order chi connectivity index (χ1) is 6.69. The van der Waals surface area contributed by atoms with Crippen molar-refractivity contribution in [3.05, 3.63) is 0 Å². The van der Waals surface area contributed by atoms with Crippen LogP contribution in [0.15, 0.2) is 0 Å². The minimum Gasteiger partial charge on any atom is -0.359 e. The van der Waals surface area contributed by atoms with Gasteiger partial charge < -0.3 is 15.4 Å². The fourth-order valence-corrected chi connectivity index (χ4v) is 1.22. The Hall–Kier alpha value is -1.39. The minimum absolute atomic E-state index is 0.105. The molecule has 0 fully saturated rings. The van der Waals surface area contributed by atoms with Crippen molar-refractivity contribution in [1.29, 1.82) is 0 Å². The number of carbonyl (C=O) groups excluding carboxylic acids is 3. The van der Waals surface area contributed by atoms with Gasteiger partial charge in [-0.25, -0.2) is 0 Å². The monoisotopic (exact) mass is 200 g/mol. The van der Waals surface area contributed by atoms with E-state index in [1.54, 1.807) is 7.05 Å². The molecule has 0 aromatic carbocycles. The molecule has 0 unspecified atom stereocenters. The van der Waals surface area contributed by atoms with Crippen LogP contribution in [0.1, 0.15) is 19.8 Å². The molecule has 0 aliphatic carbocycles. The van der Waals surface area contributed by atoms with Crippen molar-refractivity contribution in [2.75, 3.05) is 7.05 Å². The van der Waals surface area contributed by atoms with Gasteiger partial charge in [0, 0.05) is 13.0 Å². The van der Waals surface area contributed by atoms with Gasteiger partial charge in [-0.3, -0.25) is 9.59 Å². The maximum atomic E-state index is 11.3. The maximum Gasteiger partial charge on any atom is 0.222 e. The number of hydrogen-bond donors (Lipinski definition) is 2. The summed E-state index contributed by atoms with van der Waals surface area (Å²) in [5, 5.41) is 4.86. The second-order valence-electron chi connectivity index (χ2n) is 2.98. The molecule has 5 nitrogen and oxygen atoms in total. The van der Waals surface area contributed by atoms with E-state index >= 15 is 0 Å². The molecule has 0 saturated heterocycles. The van der Waals surface area contributed by atoms with Crippen molar-refractivity contribution < 1.29 is 14.4 Å². The van der Waals surface area contributed by atoms with Crippen LogP contribution in [0.3, 0.4) is 0 Å².